The standard InChI is InChI=1S/3C13H13N3O2.C13H15N3.2C7H4BrN3O2.2C6H10/c1-13(2,3)11-6-8-4-10(16(17)18)5-9(7-14)12(8)15-11;2*1-13(2,3)5-4-9-6-11(16(17)18)7-10(8-14)12(9)15;1-13(2,3)11-6-8-4-10(15)5-9(7-14)12(8)16-11;2*8-6-2-5(11(12)13)1-4(3-9)7(6)10;2*1-5-6(2,3)4/h4-6,15H,1-3H3;2*6-7H,15H2,1-3H3;4-6,16H,15H2,1-3H3;2*1-2H,10H2;2*1H,2-4H3. The first-order valence-corrected chi connectivity index (χ1v) is 33.4. The van der Waals surface area contributed by atoms with Gasteiger partial charge in [-0.15, -0.1) is 24.7 Å². The second kappa shape index (κ2) is 38.9. The van der Waals surface area contributed by atoms with Crippen LogP contribution in [0.5, 0.6) is 0 Å². The summed E-state index contributed by atoms with van der Waals surface area (Å²) in [6.07, 6.45) is 10.1. The molecule has 0 aliphatic rings. The van der Waals surface area contributed by atoms with Gasteiger partial charge in [0.15, 0.2) is 0 Å². The summed E-state index contributed by atoms with van der Waals surface area (Å²) in [5.41, 5.74) is 33.9. The van der Waals surface area contributed by atoms with Crippen molar-refractivity contribution in [2.24, 2.45) is 21.7 Å². The van der Waals surface area contributed by atoms with Gasteiger partial charge < -0.3 is 38.6 Å². The Kier molecular flexibility index (Phi) is 33.3. The number of nitriles is 6. The minimum atomic E-state index is -0.578. The van der Waals surface area contributed by atoms with E-state index in [-0.39, 0.29) is 106 Å². The normalized spacial score (nSPS) is 10.4. The maximum atomic E-state index is 10.8. The molecule has 12 N–H and O–H groups in total. The molecule has 6 aromatic carbocycles. The summed E-state index contributed by atoms with van der Waals surface area (Å²) in [5.74, 6) is 16.7. The number of rotatable bonds is 5. The molecule has 0 spiro atoms. The van der Waals surface area contributed by atoms with Gasteiger partial charge in [0.2, 0.25) is 0 Å². The number of H-pyrrole nitrogens is 2. The van der Waals surface area contributed by atoms with Crippen molar-refractivity contribution < 1.29 is 24.6 Å². The Balaban J connectivity index is 0.000000631. The number of hydrogen-bond donors (Lipinski definition) is 7. The number of aromatic nitrogens is 2. The number of non-ortho nitro benzene ring substituents is 5. The largest absolute Gasteiger partial charge is 0.399 e. The Morgan fingerprint density at radius 2 is 0.574 bits per heavy atom. The summed E-state index contributed by atoms with van der Waals surface area (Å²) in [6.45, 7) is 36.0. The number of anilines is 5. The number of hydrogen-bond acceptors (Lipinski definition) is 21. The van der Waals surface area contributed by atoms with Crippen LogP contribution in [0.1, 0.15) is 181 Å². The average molecular weight is 1590 g/mol. The number of terminal acetylenes is 2. The number of nitrogens with two attached hydrogens (primary N) is 5. The van der Waals surface area contributed by atoms with Crippen molar-refractivity contribution in [2.45, 2.75) is 135 Å². The number of nitrogens with one attached hydrogen (secondary N) is 2. The molecule has 0 fully saturated rings. The third-order valence-electron chi connectivity index (χ3n) is 13.4. The number of fused-ring (bicyclic) bond motifs is 2. The third-order valence-corrected chi connectivity index (χ3v) is 14.7. The lowest BCUT2D eigenvalue weighted by atomic mass is 9.92. The first-order valence-electron chi connectivity index (χ1n) is 31.8. The molecule has 2 heterocycles. The maximum absolute atomic E-state index is 10.8. The van der Waals surface area contributed by atoms with Crippen LogP contribution in [0.25, 0.3) is 21.8 Å². The van der Waals surface area contributed by atoms with Crippen molar-refractivity contribution in [1.82, 2.24) is 9.97 Å². The Morgan fingerprint density at radius 3 is 0.824 bits per heavy atom. The van der Waals surface area contributed by atoms with E-state index < -0.39 is 24.6 Å². The molecule has 0 bridgehead atoms. The summed E-state index contributed by atoms with van der Waals surface area (Å²) in [6, 6.07) is 31.3. The van der Waals surface area contributed by atoms with Crippen LogP contribution in [0.2, 0.25) is 0 Å². The van der Waals surface area contributed by atoms with Crippen LogP contribution in [-0.2, 0) is 10.8 Å². The van der Waals surface area contributed by atoms with Gasteiger partial charge in [-0.05, 0) is 139 Å². The van der Waals surface area contributed by atoms with Crippen LogP contribution in [0.4, 0.5) is 56.9 Å². The highest BCUT2D eigenvalue weighted by Gasteiger charge is 2.23. The molecule has 8 rings (SSSR count). The fourth-order valence-electron chi connectivity index (χ4n) is 7.58. The van der Waals surface area contributed by atoms with Gasteiger partial charge in [-0.2, -0.15) is 31.6 Å². The Hall–Kier alpha value is -13.5. The Bertz CT molecular complexity index is 5050. The van der Waals surface area contributed by atoms with E-state index in [0.717, 1.165) is 46.6 Å². The Labute approximate surface area is 643 Å². The summed E-state index contributed by atoms with van der Waals surface area (Å²) >= 11 is 6.05. The van der Waals surface area contributed by atoms with E-state index >= 15 is 0 Å². The summed E-state index contributed by atoms with van der Waals surface area (Å²) < 4.78 is 0.719. The van der Waals surface area contributed by atoms with Gasteiger partial charge >= 0.3 is 0 Å². The highest BCUT2D eigenvalue weighted by molar-refractivity contribution is 9.11. The number of nitrogen functional groups attached to an aromatic ring is 5. The molecule has 0 aliphatic heterocycles. The number of nitro groups is 5. The zero-order valence-electron chi connectivity index (χ0n) is 62.9. The van der Waals surface area contributed by atoms with E-state index in [2.05, 4.69) is 110 Å². The predicted octanol–water partition coefficient (Wildman–Crippen LogP) is 18.0. The lowest BCUT2D eigenvalue weighted by Gasteiger charge is -2.15. The van der Waals surface area contributed by atoms with Crippen molar-refractivity contribution >= 4 is 111 Å². The molecule has 0 radical (unpaired) electrons. The van der Waals surface area contributed by atoms with E-state index in [1.807, 2.05) is 134 Å². The minimum Gasteiger partial charge on any atom is -0.399 e. The van der Waals surface area contributed by atoms with E-state index in [0.29, 0.717) is 47.8 Å². The second-order valence-corrected chi connectivity index (χ2v) is 31.0. The van der Waals surface area contributed by atoms with Crippen molar-refractivity contribution in [3.63, 3.8) is 0 Å². The van der Waals surface area contributed by atoms with E-state index in [1.54, 1.807) is 18.2 Å². The molecule has 108 heavy (non-hydrogen) atoms. The fourth-order valence-corrected chi connectivity index (χ4v) is 8.47. The molecule has 0 unspecified atom stereocenters. The van der Waals surface area contributed by atoms with Gasteiger partial charge in [0.25, 0.3) is 28.4 Å². The monoisotopic (exact) mass is 1590 g/mol. The number of nitrogens with zero attached hydrogens (tertiary/aromatic N) is 11. The van der Waals surface area contributed by atoms with Crippen molar-refractivity contribution in [1.29, 1.82) is 31.6 Å². The van der Waals surface area contributed by atoms with Gasteiger partial charge in [0.05, 0.1) is 103 Å². The lowest BCUT2D eigenvalue weighted by molar-refractivity contribution is -0.385. The van der Waals surface area contributed by atoms with Crippen molar-refractivity contribution in [2.75, 3.05) is 28.7 Å². The van der Waals surface area contributed by atoms with Crippen LogP contribution in [0, 0.1) is 189 Å². The smallest absolute Gasteiger partial charge is 0.272 e. The lowest BCUT2D eigenvalue weighted by Crippen LogP contribution is -2.11. The molecule has 0 atom stereocenters. The van der Waals surface area contributed by atoms with Crippen LogP contribution in [0.3, 0.4) is 0 Å². The molecule has 28 nitrogen and oxygen atoms in total. The number of halogens is 2. The zero-order valence-corrected chi connectivity index (χ0v) is 66.1. The second-order valence-electron chi connectivity index (χ2n) is 29.3. The topological polar surface area (TPSA) is 520 Å². The highest BCUT2D eigenvalue weighted by Crippen LogP contribution is 2.34. The summed E-state index contributed by atoms with van der Waals surface area (Å²) in [4.78, 5) is 56.7. The molecular weight excluding hydrogens is 1510 g/mol. The van der Waals surface area contributed by atoms with Gasteiger partial charge in [0.1, 0.15) is 36.4 Å². The van der Waals surface area contributed by atoms with Gasteiger partial charge in [0, 0.05) is 130 Å². The quantitative estimate of drug-likeness (QED) is 0.0364. The molecule has 30 heteroatoms. The first-order chi connectivity index (χ1) is 49.5. The maximum Gasteiger partial charge on any atom is 0.272 e. The van der Waals surface area contributed by atoms with Gasteiger partial charge in [-0.3, -0.25) is 50.6 Å². The summed E-state index contributed by atoms with van der Waals surface area (Å²) in [7, 11) is 0. The number of benzene rings is 6. The number of nitro benzene ring substituents is 5. The first kappa shape index (κ1) is 92.6. The SMILES string of the molecule is C#CC(C)(C)C.C#CC(C)(C)C.CC(C)(C)C#Cc1cc([N+](=O)[O-])cc(C#N)c1N.CC(C)(C)C#Cc1cc([N+](=O)[O-])cc(C#N)c1N.CC(C)(C)c1cc2cc(N)cc(C#N)c2[nH]1.CC(C)(C)c1cc2cc([N+](=O)[O-])cc(C#N)c2[nH]1.N#Cc1cc([N+](=O)[O-])cc(Br)c1N.N#Cc1cc([N+](=O)[O-])cc(Br)c1N. The van der Waals surface area contributed by atoms with Crippen molar-refractivity contribution in [3.8, 4) is 84.8 Å². The zero-order chi connectivity index (χ0) is 83.7. The highest BCUT2D eigenvalue weighted by atomic mass is 79.9. The molecular formula is C78H82Br2N18O10. The molecule has 0 amide bonds. The van der Waals surface area contributed by atoms with E-state index in [4.69, 9.17) is 73.1 Å². The molecule has 0 aliphatic carbocycles. The van der Waals surface area contributed by atoms with Gasteiger partial charge in [-0.25, -0.2) is 0 Å². The van der Waals surface area contributed by atoms with E-state index in [1.165, 1.54) is 36.4 Å². The molecule has 2 aromatic heterocycles. The number of aromatic amines is 2. The third kappa shape index (κ3) is 30.1. The van der Waals surface area contributed by atoms with Crippen LogP contribution >= 0.6 is 31.9 Å². The van der Waals surface area contributed by atoms with Crippen LogP contribution in [0.15, 0.2) is 93.9 Å². The molecule has 8 aromatic rings. The summed E-state index contributed by atoms with van der Waals surface area (Å²) in [5, 5.41) is 108. The van der Waals surface area contributed by atoms with Crippen molar-refractivity contribution in [3.05, 3.63) is 200 Å². The van der Waals surface area contributed by atoms with Gasteiger partial charge in [-0.1, -0.05) is 65.2 Å². The predicted molar refractivity (Wildman–Crippen MR) is 428 cm³/mol. The fraction of sp³-hybridized carbons (Fsp3) is 0.308. The minimum absolute atomic E-state index is 0.0422. The van der Waals surface area contributed by atoms with E-state index in [9.17, 15) is 50.6 Å². The molecule has 0 saturated carbocycles. The van der Waals surface area contributed by atoms with Crippen LogP contribution in [-0.4, -0.2) is 34.6 Å². The molecule has 0 saturated heterocycles. The average Bonchev–Trinajstić information content (AvgIpc) is 1.65. The Morgan fingerprint density at radius 1 is 0.343 bits per heavy atom. The van der Waals surface area contributed by atoms with Crippen LogP contribution < -0.4 is 28.7 Å². The molecule has 558 valence electrons.